The van der Waals surface area contributed by atoms with Crippen molar-refractivity contribution in [2.24, 2.45) is 0 Å². The Morgan fingerprint density at radius 2 is 1.90 bits per heavy atom. The number of ether oxygens (including phenoxy) is 3. The zero-order chi connectivity index (χ0) is 21.6. The summed E-state index contributed by atoms with van der Waals surface area (Å²) in [4.78, 5) is 11.4. The Morgan fingerprint density at radius 3 is 2.65 bits per heavy atom. The molecule has 3 heterocycles. The summed E-state index contributed by atoms with van der Waals surface area (Å²) in [5.74, 6) is 1.79. The maximum atomic E-state index is 9.69. The molecule has 1 N–H and O–H groups in total. The van der Waals surface area contributed by atoms with Crippen molar-refractivity contribution in [3.05, 3.63) is 54.0 Å². The second kappa shape index (κ2) is 9.97. The van der Waals surface area contributed by atoms with Crippen LogP contribution in [0.25, 0.3) is 17.1 Å². The second-order valence-corrected chi connectivity index (χ2v) is 7.23. The van der Waals surface area contributed by atoms with Gasteiger partial charge in [-0.3, -0.25) is 0 Å². The fraction of sp³-hybridized carbons (Fsp3) is 0.409. The summed E-state index contributed by atoms with van der Waals surface area (Å²) in [6.07, 6.45) is 1.26. The predicted octanol–water partition coefficient (Wildman–Crippen LogP) is 1.99. The third-order valence-corrected chi connectivity index (χ3v) is 5.15. The normalized spacial score (nSPS) is 15.3. The van der Waals surface area contributed by atoms with Crippen LogP contribution in [0.1, 0.15) is 17.5 Å². The molecule has 3 aromatic rings. The van der Waals surface area contributed by atoms with E-state index in [1.54, 1.807) is 11.8 Å². The molecule has 0 radical (unpaired) electrons. The Morgan fingerprint density at radius 1 is 1.10 bits per heavy atom. The molecule has 2 aromatic heterocycles. The first-order chi connectivity index (χ1) is 15.2. The zero-order valence-electron chi connectivity index (χ0n) is 17.8. The number of methoxy groups -OCH3 is 2. The summed E-state index contributed by atoms with van der Waals surface area (Å²) in [5, 5.41) is 14.4. The van der Waals surface area contributed by atoms with Crippen LogP contribution in [0, 0.1) is 0 Å². The van der Waals surface area contributed by atoms with Crippen LogP contribution in [0.4, 0.5) is 5.82 Å². The highest BCUT2D eigenvalue weighted by Crippen LogP contribution is 2.23. The molecular weight excluding hydrogens is 398 g/mol. The lowest BCUT2D eigenvalue weighted by Gasteiger charge is -2.28. The number of aliphatic hydroxyl groups excluding tert-OH is 1. The first-order valence-corrected chi connectivity index (χ1v) is 10.2. The molecule has 0 bridgehead atoms. The minimum atomic E-state index is -0.611. The number of aromatic nitrogens is 4. The average molecular weight is 425 g/mol. The largest absolute Gasteiger partial charge is 0.393 e. The van der Waals surface area contributed by atoms with Crippen LogP contribution in [0.15, 0.2) is 42.6 Å². The molecule has 1 saturated heterocycles. The highest BCUT2D eigenvalue weighted by Gasteiger charge is 2.20. The van der Waals surface area contributed by atoms with Gasteiger partial charge in [0.15, 0.2) is 11.6 Å². The van der Waals surface area contributed by atoms with E-state index in [0.717, 1.165) is 35.7 Å². The van der Waals surface area contributed by atoms with E-state index >= 15 is 0 Å². The van der Waals surface area contributed by atoms with Gasteiger partial charge in [-0.15, -0.1) is 0 Å². The molecule has 9 heteroatoms. The number of anilines is 1. The number of nitrogens with zero attached hydrogens (tertiary/aromatic N) is 5. The zero-order valence-corrected chi connectivity index (χ0v) is 17.8. The molecule has 1 fully saturated rings. The molecule has 0 aliphatic carbocycles. The van der Waals surface area contributed by atoms with Gasteiger partial charge in [-0.1, -0.05) is 18.2 Å². The van der Waals surface area contributed by atoms with Crippen molar-refractivity contribution < 1.29 is 19.3 Å². The van der Waals surface area contributed by atoms with Gasteiger partial charge < -0.3 is 24.2 Å². The van der Waals surface area contributed by atoms with Gasteiger partial charge in [-0.05, 0) is 17.7 Å². The van der Waals surface area contributed by atoms with E-state index in [4.69, 9.17) is 19.3 Å². The molecule has 1 aromatic carbocycles. The van der Waals surface area contributed by atoms with E-state index in [-0.39, 0.29) is 6.61 Å². The van der Waals surface area contributed by atoms with E-state index < -0.39 is 6.10 Å². The lowest BCUT2D eigenvalue weighted by molar-refractivity contribution is 0.0422. The topological polar surface area (TPSA) is 94.8 Å². The first-order valence-electron chi connectivity index (χ1n) is 10.2. The molecule has 1 atom stereocenters. The second-order valence-electron chi connectivity index (χ2n) is 7.23. The van der Waals surface area contributed by atoms with Gasteiger partial charge in [0.25, 0.3) is 0 Å². The number of aliphatic hydroxyl groups is 1. The maximum absolute atomic E-state index is 9.69. The quantitative estimate of drug-likeness (QED) is 0.586. The standard InChI is InChI=1S/C22H27N5O4/c1-29-15-16-4-3-5-17(12-16)18-6-7-27(25-18)21-13-20(26-8-10-31-11-9-26)23-22(24-21)19(14-28)30-2/h3-7,12-13,19,28H,8-11,14-15H2,1-2H3/t19-/m1/s1. The minimum absolute atomic E-state index is 0.209. The van der Waals surface area contributed by atoms with Crippen molar-refractivity contribution in [2.45, 2.75) is 12.7 Å². The van der Waals surface area contributed by atoms with Crippen LogP contribution < -0.4 is 4.90 Å². The lowest BCUT2D eigenvalue weighted by Crippen LogP contribution is -2.37. The Kier molecular flexibility index (Phi) is 6.88. The Balaban J connectivity index is 1.70. The molecule has 0 unspecified atom stereocenters. The molecule has 0 saturated carbocycles. The van der Waals surface area contributed by atoms with Crippen LogP contribution in [0.5, 0.6) is 0 Å². The van der Waals surface area contributed by atoms with E-state index in [0.29, 0.717) is 31.5 Å². The van der Waals surface area contributed by atoms with Crippen molar-refractivity contribution in [3.8, 4) is 17.1 Å². The number of benzene rings is 1. The fourth-order valence-corrected chi connectivity index (χ4v) is 3.51. The third kappa shape index (κ3) is 4.91. The maximum Gasteiger partial charge on any atom is 0.164 e. The predicted molar refractivity (Wildman–Crippen MR) is 115 cm³/mol. The van der Waals surface area contributed by atoms with Crippen molar-refractivity contribution >= 4 is 5.82 Å². The molecule has 0 spiro atoms. The Labute approximate surface area is 181 Å². The SMILES string of the molecule is COCc1cccc(-c2ccn(-c3cc(N4CCOCC4)nc([C@@H](CO)OC)n3)n2)c1. The van der Waals surface area contributed by atoms with E-state index in [9.17, 15) is 5.11 Å². The summed E-state index contributed by atoms with van der Waals surface area (Å²) < 4.78 is 17.8. The van der Waals surface area contributed by atoms with Crippen molar-refractivity contribution in [3.63, 3.8) is 0 Å². The van der Waals surface area contributed by atoms with Crippen molar-refractivity contribution in [1.82, 2.24) is 19.7 Å². The van der Waals surface area contributed by atoms with Crippen LogP contribution in [-0.4, -0.2) is 72.0 Å². The highest BCUT2D eigenvalue weighted by molar-refractivity contribution is 5.60. The van der Waals surface area contributed by atoms with Gasteiger partial charge in [0.05, 0.1) is 32.1 Å². The number of hydrogen-bond donors (Lipinski definition) is 1. The number of hydrogen-bond acceptors (Lipinski definition) is 8. The summed E-state index contributed by atoms with van der Waals surface area (Å²) in [5.41, 5.74) is 2.91. The van der Waals surface area contributed by atoms with Gasteiger partial charge in [0.2, 0.25) is 0 Å². The summed E-state index contributed by atoms with van der Waals surface area (Å²) in [6.45, 7) is 3.11. The van der Waals surface area contributed by atoms with Crippen molar-refractivity contribution in [1.29, 1.82) is 0 Å². The van der Waals surface area contributed by atoms with Crippen LogP contribution in [0.3, 0.4) is 0 Å². The van der Waals surface area contributed by atoms with E-state index in [1.807, 2.05) is 36.5 Å². The van der Waals surface area contributed by atoms with E-state index in [2.05, 4.69) is 20.9 Å². The van der Waals surface area contributed by atoms with Crippen LogP contribution >= 0.6 is 0 Å². The molecular formula is C22H27N5O4. The van der Waals surface area contributed by atoms with E-state index in [1.165, 1.54) is 7.11 Å². The van der Waals surface area contributed by atoms with Crippen LogP contribution in [0.2, 0.25) is 0 Å². The van der Waals surface area contributed by atoms with Gasteiger partial charge in [0.1, 0.15) is 11.9 Å². The third-order valence-electron chi connectivity index (χ3n) is 5.15. The van der Waals surface area contributed by atoms with Gasteiger partial charge in [-0.2, -0.15) is 5.10 Å². The molecule has 1 aliphatic heterocycles. The molecule has 164 valence electrons. The number of morpholine rings is 1. The first kappa shape index (κ1) is 21.4. The Hall–Kier alpha value is -2.85. The monoisotopic (exact) mass is 425 g/mol. The van der Waals surface area contributed by atoms with Gasteiger partial charge in [0, 0.05) is 45.1 Å². The molecule has 1 aliphatic rings. The fourth-order valence-electron chi connectivity index (χ4n) is 3.51. The summed E-state index contributed by atoms with van der Waals surface area (Å²) in [7, 11) is 3.21. The molecule has 4 rings (SSSR count). The van der Waals surface area contributed by atoms with Gasteiger partial charge in [-0.25, -0.2) is 14.6 Å². The Bertz CT molecular complexity index is 999. The van der Waals surface area contributed by atoms with Crippen LogP contribution in [-0.2, 0) is 20.8 Å². The minimum Gasteiger partial charge on any atom is -0.393 e. The summed E-state index contributed by atoms with van der Waals surface area (Å²) >= 11 is 0. The smallest absolute Gasteiger partial charge is 0.164 e. The summed E-state index contributed by atoms with van der Waals surface area (Å²) in [6, 6.07) is 11.9. The van der Waals surface area contributed by atoms with Gasteiger partial charge >= 0.3 is 0 Å². The van der Waals surface area contributed by atoms with Crippen molar-refractivity contribution in [2.75, 3.05) is 52.0 Å². The molecule has 0 amide bonds. The molecule has 9 nitrogen and oxygen atoms in total. The lowest BCUT2D eigenvalue weighted by atomic mass is 10.1. The number of rotatable bonds is 8. The molecule has 31 heavy (non-hydrogen) atoms. The highest BCUT2D eigenvalue weighted by atomic mass is 16.5. The average Bonchev–Trinajstić information content (AvgIpc) is 3.31.